The Labute approximate surface area is 201 Å². The first-order valence-electron chi connectivity index (χ1n) is 10.2. The van der Waals surface area contributed by atoms with Gasteiger partial charge in [-0.25, -0.2) is 4.98 Å². The third kappa shape index (κ3) is 6.72. The molecule has 0 aliphatic rings. The smallest absolute Gasteiger partial charge is 0.307 e. The lowest BCUT2D eigenvalue weighted by Gasteiger charge is -2.20. The van der Waals surface area contributed by atoms with Crippen molar-refractivity contribution >= 4 is 35.0 Å². The summed E-state index contributed by atoms with van der Waals surface area (Å²) in [5, 5.41) is 6.04. The van der Waals surface area contributed by atoms with E-state index in [2.05, 4.69) is 15.7 Å². The number of benzene rings is 2. The molecule has 0 saturated heterocycles. The van der Waals surface area contributed by atoms with E-state index in [9.17, 15) is 9.59 Å². The highest BCUT2D eigenvalue weighted by molar-refractivity contribution is 7.98. The average Bonchev–Trinajstić information content (AvgIpc) is 3.26. The second-order valence-electron chi connectivity index (χ2n) is 7.09. The second kappa shape index (κ2) is 11.7. The Morgan fingerprint density at radius 3 is 2.39 bits per heavy atom. The van der Waals surface area contributed by atoms with Gasteiger partial charge in [0.2, 0.25) is 0 Å². The lowest BCUT2D eigenvalue weighted by Crippen LogP contribution is -2.30. The highest BCUT2D eigenvalue weighted by Gasteiger charge is 2.21. The summed E-state index contributed by atoms with van der Waals surface area (Å²) in [5.74, 6) is 1.13. The van der Waals surface area contributed by atoms with Crippen LogP contribution in [-0.4, -0.2) is 38.2 Å². The van der Waals surface area contributed by atoms with Crippen molar-refractivity contribution < 1.29 is 23.8 Å². The number of methoxy groups -OCH3 is 3. The van der Waals surface area contributed by atoms with Gasteiger partial charge in [-0.2, -0.15) is 0 Å². The molecule has 174 valence electrons. The van der Waals surface area contributed by atoms with Crippen LogP contribution in [0, 0.1) is 6.92 Å². The molecule has 1 unspecified atom stereocenters. The average molecular weight is 487 g/mol. The summed E-state index contributed by atoms with van der Waals surface area (Å²) >= 11 is 3.30. The van der Waals surface area contributed by atoms with Crippen molar-refractivity contribution in [2.75, 3.05) is 21.3 Å². The molecule has 0 saturated carbocycles. The predicted octanol–water partition coefficient (Wildman–Crippen LogP) is 4.80. The number of carbonyl (C=O) groups is 2. The third-order valence-corrected chi connectivity index (χ3v) is 6.75. The standard InChI is InChI=1S/C24H26N2O5S2/c1-15-25-18(13-32-15)14-33-19-8-5-16(6-9-19)24(28)26-20(12-23(27)31-4)17-7-10-21(29-2)22(11-17)30-3/h5-11,13,20H,12,14H2,1-4H3,(H,26,28). The van der Waals surface area contributed by atoms with E-state index < -0.39 is 12.0 Å². The van der Waals surface area contributed by atoms with E-state index in [0.29, 0.717) is 22.6 Å². The van der Waals surface area contributed by atoms with Crippen LogP contribution in [0.15, 0.2) is 52.7 Å². The molecule has 2 aromatic carbocycles. The number of esters is 1. The number of aromatic nitrogens is 1. The fourth-order valence-electron chi connectivity index (χ4n) is 3.15. The summed E-state index contributed by atoms with van der Waals surface area (Å²) in [6.07, 6.45) is -0.0152. The van der Waals surface area contributed by atoms with Gasteiger partial charge in [-0.1, -0.05) is 6.07 Å². The van der Waals surface area contributed by atoms with E-state index in [1.165, 1.54) is 14.2 Å². The Morgan fingerprint density at radius 2 is 1.79 bits per heavy atom. The number of nitrogens with one attached hydrogen (secondary N) is 1. The van der Waals surface area contributed by atoms with E-state index >= 15 is 0 Å². The molecule has 0 aliphatic carbocycles. The van der Waals surface area contributed by atoms with E-state index in [-0.39, 0.29) is 12.3 Å². The van der Waals surface area contributed by atoms with Crippen molar-refractivity contribution in [3.8, 4) is 11.5 Å². The van der Waals surface area contributed by atoms with Crippen molar-refractivity contribution in [2.45, 2.75) is 30.0 Å². The molecule has 0 spiro atoms. The first-order valence-corrected chi connectivity index (χ1v) is 12.0. The van der Waals surface area contributed by atoms with Gasteiger partial charge in [0, 0.05) is 21.6 Å². The molecule has 1 atom stereocenters. The number of thiazole rings is 1. The van der Waals surface area contributed by atoms with Gasteiger partial charge >= 0.3 is 5.97 Å². The van der Waals surface area contributed by atoms with E-state index in [0.717, 1.165) is 21.3 Å². The van der Waals surface area contributed by atoms with Crippen LogP contribution >= 0.6 is 23.1 Å². The predicted molar refractivity (Wildman–Crippen MR) is 129 cm³/mol. The molecule has 0 fully saturated rings. The first-order chi connectivity index (χ1) is 15.9. The molecule has 1 N–H and O–H groups in total. The van der Waals surface area contributed by atoms with Gasteiger partial charge in [0.05, 0.1) is 44.5 Å². The van der Waals surface area contributed by atoms with Crippen LogP contribution in [0.25, 0.3) is 0 Å². The molecule has 7 nitrogen and oxygen atoms in total. The summed E-state index contributed by atoms with van der Waals surface area (Å²) in [6, 6.07) is 12.0. The Morgan fingerprint density at radius 1 is 1.06 bits per heavy atom. The van der Waals surface area contributed by atoms with Crippen LogP contribution in [0.1, 0.15) is 39.1 Å². The van der Waals surface area contributed by atoms with Gasteiger partial charge in [0.15, 0.2) is 11.5 Å². The molecule has 0 aliphatic heterocycles. The molecule has 3 rings (SSSR count). The van der Waals surface area contributed by atoms with Gasteiger partial charge in [0.1, 0.15) is 0 Å². The number of carbonyl (C=O) groups excluding carboxylic acids is 2. The van der Waals surface area contributed by atoms with Crippen molar-refractivity contribution in [1.29, 1.82) is 0 Å². The molecular formula is C24H26N2O5S2. The van der Waals surface area contributed by atoms with Crippen molar-refractivity contribution in [3.63, 3.8) is 0 Å². The van der Waals surface area contributed by atoms with Gasteiger partial charge in [0.25, 0.3) is 5.91 Å². The van der Waals surface area contributed by atoms with Crippen LogP contribution in [0.2, 0.25) is 0 Å². The zero-order chi connectivity index (χ0) is 23.8. The monoisotopic (exact) mass is 486 g/mol. The quantitative estimate of drug-likeness (QED) is 0.325. The summed E-state index contributed by atoms with van der Waals surface area (Å²) in [5.41, 5.74) is 2.25. The molecule has 3 aromatic rings. The maximum Gasteiger partial charge on any atom is 0.307 e. The number of nitrogens with zero attached hydrogens (tertiary/aromatic N) is 1. The molecule has 0 radical (unpaired) electrons. The minimum Gasteiger partial charge on any atom is -0.493 e. The largest absolute Gasteiger partial charge is 0.493 e. The zero-order valence-corrected chi connectivity index (χ0v) is 20.5. The summed E-state index contributed by atoms with van der Waals surface area (Å²) in [7, 11) is 4.40. The maximum absolute atomic E-state index is 12.9. The van der Waals surface area contributed by atoms with E-state index in [4.69, 9.17) is 14.2 Å². The second-order valence-corrected chi connectivity index (χ2v) is 9.20. The number of amides is 1. The number of hydrogen-bond donors (Lipinski definition) is 1. The number of thioether (sulfide) groups is 1. The van der Waals surface area contributed by atoms with Gasteiger partial charge in [-0.3, -0.25) is 9.59 Å². The third-order valence-electron chi connectivity index (χ3n) is 4.88. The minimum absolute atomic E-state index is 0.0152. The van der Waals surface area contributed by atoms with Crippen molar-refractivity contribution in [3.05, 3.63) is 69.7 Å². The normalized spacial score (nSPS) is 11.5. The van der Waals surface area contributed by atoms with Gasteiger partial charge in [-0.05, 0) is 48.9 Å². The Kier molecular flexibility index (Phi) is 8.73. The van der Waals surface area contributed by atoms with Crippen LogP contribution in [-0.2, 0) is 15.3 Å². The summed E-state index contributed by atoms with van der Waals surface area (Å²) in [4.78, 5) is 30.4. The molecule has 1 heterocycles. The van der Waals surface area contributed by atoms with Crippen molar-refractivity contribution in [1.82, 2.24) is 10.3 Å². The lowest BCUT2D eigenvalue weighted by atomic mass is 10.0. The van der Waals surface area contributed by atoms with Crippen LogP contribution in [0.4, 0.5) is 0 Å². The summed E-state index contributed by atoms with van der Waals surface area (Å²) in [6.45, 7) is 1.99. The number of aryl methyl sites for hydroxylation is 1. The van der Waals surface area contributed by atoms with Crippen molar-refractivity contribution in [2.24, 2.45) is 0 Å². The van der Waals surface area contributed by atoms with Crippen LogP contribution in [0.3, 0.4) is 0 Å². The van der Waals surface area contributed by atoms with Gasteiger partial charge in [-0.15, -0.1) is 23.1 Å². The molecule has 33 heavy (non-hydrogen) atoms. The van der Waals surface area contributed by atoms with Crippen LogP contribution < -0.4 is 14.8 Å². The fraction of sp³-hybridized carbons (Fsp3) is 0.292. The number of hydrogen-bond acceptors (Lipinski definition) is 8. The molecule has 1 amide bonds. The highest BCUT2D eigenvalue weighted by Crippen LogP contribution is 2.31. The zero-order valence-electron chi connectivity index (χ0n) is 18.9. The fourth-order valence-corrected chi connectivity index (χ4v) is 4.66. The topological polar surface area (TPSA) is 86.8 Å². The minimum atomic E-state index is -0.591. The highest BCUT2D eigenvalue weighted by atomic mass is 32.2. The van der Waals surface area contributed by atoms with E-state index in [1.54, 1.807) is 60.5 Å². The molecular weight excluding hydrogens is 460 g/mol. The van der Waals surface area contributed by atoms with Gasteiger partial charge < -0.3 is 19.5 Å². The van der Waals surface area contributed by atoms with E-state index in [1.807, 2.05) is 19.1 Å². The molecule has 1 aromatic heterocycles. The molecule has 0 bridgehead atoms. The Hall–Kier alpha value is -3.04. The Bertz CT molecular complexity index is 1100. The lowest BCUT2D eigenvalue weighted by molar-refractivity contribution is -0.141. The Balaban J connectivity index is 1.71. The number of ether oxygens (including phenoxy) is 3. The maximum atomic E-state index is 12.9. The van der Waals surface area contributed by atoms with Crippen LogP contribution in [0.5, 0.6) is 11.5 Å². The molecule has 9 heteroatoms. The SMILES string of the molecule is COC(=O)CC(NC(=O)c1ccc(SCc2csc(C)n2)cc1)c1ccc(OC)c(OC)c1. The summed E-state index contributed by atoms with van der Waals surface area (Å²) < 4.78 is 15.5. The number of rotatable bonds is 10. The first kappa shape index (κ1) is 24.6.